The topological polar surface area (TPSA) is 81.2 Å². The number of carbonyl (C=O) groups excluding carboxylic acids is 1. The molecule has 1 aliphatic rings. The second-order valence-electron chi connectivity index (χ2n) is 8.47. The van der Waals surface area contributed by atoms with Crippen LogP contribution in [0.15, 0.2) is 78.9 Å². The summed E-state index contributed by atoms with van der Waals surface area (Å²) in [6.07, 6.45) is -0.424. The van der Waals surface area contributed by atoms with Crippen LogP contribution in [0.1, 0.15) is 28.2 Å². The summed E-state index contributed by atoms with van der Waals surface area (Å²) in [5.41, 5.74) is 1.61. The zero-order valence-corrected chi connectivity index (χ0v) is 18.0. The molecule has 1 amide bonds. The Morgan fingerprint density at radius 1 is 1.09 bits per heavy atom. The second kappa shape index (κ2) is 8.77. The molecular formula is C26H25FN4O2. The van der Waals surface area contributed by atoms with Gasteiger partial charge in [0.15, 0.2) is 0 Å². The monoisotopic (exact) mass is 444 g/mol. The van der Waals surface area contributed by atoms with Gasteiger partial charge >= 0.3 is 0 Å². The number of likely N-dealkylation sites (tertiary alicyclic amines) is 1. The van der Waals surface area contributed by atoms with Crippen molar-refractivity contribution in [3.05, 3.63) is 102 Å². The molecule has 1 aliphatic heterocycles. The lowest BCUT2D eigenvalue weighted by molar-refractivity contribution is -0.0187. The van der Waals surface area contributed by atoms with Crippen LogP contribution in [0.3, 0.4) is 0 Å². The number of piperidine rings is 1. The molecule has 3 aromatic carbocycles. The average molecular weight is 445 g/mol. The number of imidazole rings is 1. The number of nitrogens with one attached hydrogen (secondary N) is 2. The number of halogens is 1. The van der Waals surface area contributed by atoms with Crippen molar-refractivity contribution >= 4 is 16.9 Å². The first kappa shape index (κ1) is 21.3. The smallest absolute Gasteiger partial charge is 0.255 e. The van der Waals surface area contributed by atoms with Crippen LogP contribution >= 0.6 is 0 Å². The molecule has 6 nitrogen and oxygen atoms in total. The number of H-pyrrole nitrogens is 1. The Labute approximate surface area is 191 Å². The van der Waals surface area contributed by atoms with Gasteiger partial charge in [0.05, 0.1) is 34.8 Å². The minimum Gasteiger partial charge on any atom is -0.389 e. The highest BCUT2D eigenvalue weighted by molar-refractivity contribution is 5.95. The van der Waals surface area contributed by atoms with Gasteiger partial charge in [0, 0.05) is 13.1 Å². The van der Waals surface area contributed by atoms with Crippen molar-refractivity contribution in [1.29, 1.82) is 0 Å². The van der Waals surface area contributed by atoms with Crippen molar-refractivity contribution in [1.82, 2.24) is 20.2 Å². The van der Waals surface area contributed by atoms with Crippen LogP contribution in [0.5, 0.6) is 0 Å². The van der Waals surface area contributed by atoms with Gasteiger partial charge in [-0.2, -0.15) is 0 Å². The van der Waals surface area contributed by atoms with E-state index in [2.05, 4.69) is 20.2 Å². The molecule has 4 aromatic rings. The van der Waals surface area contributed by atoms with Gasteiger partial charge in [0.2, 0.25) is 0 Å². The number of amides is 1. The van der Waals surface area contributed by atoms with Crippen LogP contribution in [0, 0.1) is 5.82 Å². The van der Waals surface area contributed by atoms with E-state index in [9.17, 15) is 14.3 Å². The summed E-state index contributed by atoms with van der Waals surface area (Å²) < 4.78 is 14.3. The SMILES string of the molecule is O=C(N[C@]1(c2ccccc2)CCN(Cc2nc3ccccc3[nH]2)C[C@H]1O)c1ccccc1F. The minimum absolute atomic E-state index is 0.0373. The van der Waals surface area contributed by atoms with Gasteiger partial charge in [-0.25, -0.2) is 9.37 Å². The molecule has 0 aliphatic carbocycles. The van der Waals surface area contributed by atoms with Crippen LogP contribution in [-0.2, 0) is 12.1 Å². The summed E-state index contributed by atoms with van der Waals surface area (Å²) in [4.78, 5) is 23.1. The van der Waals surface area contributed by atoms with Crippen molar-refractivity contribution in [2.24, 2.45) is 0 Å². The minimum atomic E-state index is -1.02. The Morgan fingerprint density at radius 3 is 2.58 bits per heavy atom. The summed E-state index contributed by atoms with van der Waals surface area (Å²) in [7, 11) is 0. The van der Waals surface area contributed by atoms with E-state index >= 15 is 0 Å². The number of aliphatic hydroxyl groups excluding tert-OH is 1. The fraction of sp³-hybridized carbons (Fsp3) is 0.231. The maximum Gasteiger partial charge on any atom is 0.255 e. The Hall–Kier alpha value is -3.55. The number of carbonyl (C=O) groups is 1. The van der Waals surface area contributed by atoms with E-state index in [4.69, 9.17) is 0 Å². The Bertz CT molecular complexity index is 1240. The summed E-state index contributed by atoms with van der Waals surface area (Å²) in [6, 6.07) is 23.1. The van der Waals surface area contributed by atoms with Gasteiger partial charge in [-0.15, -0.1) is 0 Å². The number of aliphatic hydroxyl groups is 1. The molecule has 1 saturated heterocycles. The number of aromatic amines is 1. The summed E-state index contributed by atoms with van der Waals surface area (Å²) in [5, 5.41) is 14.3. The van der Waals surface area contributed by atoms with Crippen LogP contribution < -0.4 is 5.32 Å². The van der Waals surface area contributed by atoms with E-state index in [0.717, 1.165) is 22.4 Å². The summed E-state index contributed by atoms with van der Waals surface area (Å²) in [5.74, 6) is -0.303. The number of β-amino-alcohol motifs (C(OH)–C–C–N with tert-alkyl or cyclic N) is 1. The molecule has 1 aromatic heterocycles. The molecule has 168 valence electrons. The van der Waals surface area contributed by atoms with Crippen LogP contribution in [0.2, 0.25) is 0 Å². The summed E-state index contributed by atoms with van der Waals surface area (Å²) in [6.45, 7) is 1.52. The van der Waals surface area contributed by atoms with E-state index < -0.39 is 23.4 Å². The standard InChI is InChI=1S/C26H25FN4O2/c27-20-11-5-4-10-19(20)25(33)30-26(18-8-2-1-3-9-18)14-15-31(16-23(26)32)17-24-28-21-12-6-7-13-22(21)29-24/h1-13,23,32H,14-17H2,(H,28,29)(H,30,33)/t23-,26+/m1/s1. The Morgan fingerprint density at radius 2 is 1.82 bits per heavy atom. The van der Waals surface area contributed by atoms with E-state index in [1.807, 2.05) is 54.6 Å². The molecule has 2 heterocycles. The fourth-order valence-corrected chi connectivity index (χ4v) is 4.63. The quantitative estimate of drug-likeness (QED) is 0.439. The second-order valence-corrected chi connectivity index (χ2v) is 8.47. The average Bonchev–Trinajstić information content (AvgIpc) is 3.24. The number of nitrogens with zero attached hydrogens (tertiary/aromatic N) is 2. The highest BCUT2D eigenvalue weighted by Crippen LogP contribution is 2.34. The number of para-hydroxylation sites is 2. The fourth-order valence-electron chi connectivity index (χ4n) is 4.63. The Kier molecular flexibility index (Phi) is 5.66. The van der Waals surface area contributed by atoms with Crippen molar-refractivity contribution in [2.75, 3.05) is 13.1 Å². The molecule has 0 saturated carbocycles. The Balaban J connectivity index is 1.39. The largest absolute Gasteiger partial charge is 0.389 e. The lowest BCUT2D eigenvalue weighted by Crippen LogP contribution is -2.61. The maximum absolute atomic E-state index is 14.3. The van der Waals surface area contributed by atoms with Crippen molar-refractivity contribution in [2.45, 2.75) is 24.6 Å². The molecule has 3 N–H and O–H groups in total. The van der Waals surface area contributed by atoms with E-state index in [-0.39, 0.29) is 5.56 Å². The van der Waals surface area contributed by atoms with Gasteiger partial charge in [0.1, 0.15) is 11.6 Å². The number of benzene rings is 3. The molecule has 0 spiro atoms. The first-order valence-electron chi connectivity index (χ1n) is 11.0. The maximum atomic E-state index is 14.3. The van der Waals surface area contributed by atoms with Gasteiger partial charge in [-0.1, -0.05) is 54.6 Å². The normalized spacial score (nSPS) is 21.2. The highest BCUT2D eigenvalue weighted by atomic mass is 19.1. The third-order valence-electron chi connectivity index (χ3n) is 6.38. The van der Waals surface area contributed by atoms with Crippen molar-refractivity contribution < 1.29 is 14.3 Å². The number of hydrogen-bond acceptors (Lipinski definition) is 4. The van der Waals surface area contributed by atoms with Gasteiger partial charge in [0.25, 0.3) is 5.91 Å². The number of hydrogen-bond donors (Lipinski definition) is 3. The predicted molar refractivity (Wildman–Crippen MR) is 124 cm³/mol. The van der Waals surface area contributed by atoms with E-state index in [1.54, 1.807) is 12.1 Å². The lowest BCUT2D eigenvalue weighted by atomic mass is 9.78. The molecule has 2 atom stereocenters. The van der Waals surface area contributed by atoms with Gasteiger partial charge in [-0.05, 0) is 36.2 Å². The molecule has 1 fully saturated rings. The number of fused-ring (bicyclic) bond motifs is 1. The lowest BCUT2D eigenvalue weighted by Gasteiger charge is -2.46. The first-order valence-corrected chi connectivity index (χ1v) is 11.0. The molecular weight excluding hydrogens is 419 g/mol. The zero-order chi connectivity index (χ0) is 22.8. The van der Waals surface area contributed by atoms with Gasteiger partial charge < -0.3 is 15.4 Å². The highest BCUT2D eigenvalue weighted by Gasteiger charge is 2.45. The molecule has 0 unspecified atom stereocenters. The molecule has 5 rings (SSSR count). The molecule has 33 heavy (non-hydrogen) atoms. The summed E-state index contributed by atoms with van der Waals surface area (Å²) >= 11 is 0. The zero-order valence-electron chi connectivity index (χ0n) is 18.0. The van der Waals surface area contributed by atoms with Crippen LogP contribution in [0.4, 0.5) is 4.39 Å². The first-order chi connectivity index (χ1) is 16.0. The van der Waals surface area contributed by atoms with E-state index in [1.165, 1.54) is 12.1 Å². The molecule has 7 heteroatoms. The number of rotatable bonds is 5. The predicted octanol–water partition coefficient (Wildman–Crippen LogP) is 3.59. The van der Waals surface area contributed by atoms with Crippen molar-refractivity contribution in [3.63, 3.8) is 0 Å². The molecule has 0 radical (unpaired) electrons. The van der Waals surface area contributed by atoms with Gasteiger partial charge in [-0.3, -0.25) is 9.69 Å². The number of aromatic nitrogens is 2. The molecule has 0 bridgehead atoms. The van der Waals surface area contributed by atoms with E-state index in [0.29, 0.717) is 26.1 Å². The van der Waals surface area contributed by atoms with Crippen molar-refractivity contribution in [3.8, 4) is 0 Å². The van der Waals surface area contributed by atoms with Crippen LogP contribution in [0.25, 0.3) is 11.0 Å². The van der Waals surface area contributed by atoms with Crippen LogP contribution in [-0.4, -0.2) is 45.1 Å². The third kappa shape index (κ3) is 4.13. The third-order valence-corrected chi connectivity index (χ3v) is 6.38.